The van der Waals surface area contributed by atoms with Gasteiger partial charge in [0, 0.05) is 30.1 Å². The molecule has 2 rings (SSSR count). The Morgan fingerprint density at radius 2 is 2.31 bits per heavy atom. The van der Waals surface area contributed by atoms with Crippen LogP contribution in [0.3, 0.4) is 0 Å². The van der Waals surface area contributed by atoms with Crippen molar-refractivity contribution < 1.29 is 0 Å². The molecule has 1 atom stereocenters. The van der Waals surface area contributed by atoms with Gasteiger partial charge in [-0.25, -0.2) is 0 Å². The first-order chi connectivity index (χ1) is 7.69. The quantitative estimate of drug-likeness (QED) is 0.917. The van der Waals surface area contributed by atoms with Crippen LogP contribution in [0, 0.1) is 6.92 Å². The lowest BCUT2D eigenvalue weighted by atomic mass is 10.1. The molecule has 1 fully saturated rings. The van der Waals surface area contributed by atoms with Crippen LogP contribution >= 0.6 is 15.9 Å². The summed E-state index contributed by atoms with van der Waals surface area (Å²) in [5.41, 5.74) is 2.70. The average molecular weight is 283 g/mol. The summed E-state index contributed by atoms with van der Waals surface area (Å²) in [7, 11) is 2.05. The molecule has 1 saturated heterocycles. The van der Waals surface area contributed by atoms with Gasteiger partial charge in [0.15, 0.2) is 0 Å². The van der Waals surface area contributed by atoms with Crippen LogP contribution in [0.15, 0.2) is 22.7 Å². The topological polar surface area (TPSA) is 15.3 Å². The number of aryl methyl sites for hydroxylation is 1. The van der Waals surface area contributed by atoms with Gasteiger partial charge in [0.1, 0.15) is 0 Å². The summed E-state index contributed by atoms with van der Waals surface area (Å²) in [5, 5.41) is 3.35. The maximum absolute atomic E-state index is 3.59. The molecular weight excluding hydrogens is 264 g/mol. The van der Waals surface area contributed by atoms with Gasteiger partial charge in [-0.15, -0.1) is 0 Å². The van der Waals surface area contributed by atoms with Crippen molar-refractivity contribution in [3.63, 3.8) is 0 Å². The number of nitrogens with one attached hydrogen (secondary N) is 1. The van der Waals surface area contributed by atoms with Crippen LogP contribution in [-0.2, 0) is 6.54 Å². The third-order valence-corrected chi connectivity index (χ3v) is 4.18. The molecule has 0 radical (unpaired) electrons. The molecule has 1 heterocycles. The number of hydrogen-bond acceptors (Lipinski definition) is 2. The van der Waals surface area contributed by atoms with E-state index in [9.17, 15) is 0 Å². The summed E-state index contributed by atoms with van der Waals surface area (Å²) in [6.45, 7) is 5.57. The normalized spacial score (nSPS) is 21.6. The Labute approximate surface area is 106 Å². The molecule has 1 aromatic carbocycles. The molecule has 1 N–H and O–H groups in total. The number of nitrogens with zero attached hydrogens (tertiary/aromatic N) is 1. The molecule has 0 amide bonds. The van der Waals surface area contributed by atoms with Crippen molar-refractivity contribution in [1.82, 2.24) is 10.2 Å². The number of likely N-dealkylation sites (tertiary alicyclic amines) is 1. The fourth-order valence-corrected chi connectivity index (χ4v) is 2.63. The Morgan fingerprint density at radius 1 is 1.50 bits per heavy atom. The third-order valence-electron chi connectivity index (χ3n) is 3.32. The third kappa shape index (κ3) is 2.84. The largest absolute Gasteiger partial charge is 0.316 e. The number of hydrogen-bond donors (Lipinski definition) is 1. The zero-order valence-electron chi connectivity index (χ0n) is 9.96. The van der Waals surface area contributed by atoms with E-state index in [1.54, 1.807) is 0 Å². The Balaban J connectivity index is 1.97. The SMILES string of the molecule is CNC1CCN(Cc2ccc(C)c(Br)c2)C1. The maximum atomic E-state index is 3.59. The highest BCUT2D eigenvalue weighted by atomic mass is 79.9. The minimum Gasteiger partial charge on any atom is -0.316 e. The predicted molar refractivity (Wildman–Crippen MR) is 71.6 cm³/mol. The number of rotatable bonds is 3. The van der Waals surface area contributed by atoms with Crippen molar-refractivity contribution in [1.29, 1.82) is 0 Å². The molecule has 0 spiro atoms. The number of halogens is 1. The van der Waals surface area contributed by atoms with Crippen molar-refractivity contribution in [3.05, 3.63) is 33.8 Å². The van der Waals surface area contributed by atoms with Crippen molar-refractivity contribution in [2.45, 2.75) is 25.9 Å². The van der Waals surface area contributed by atoms with Gasteiger partial charge in [-0.05, 0) is 37.6 Å². The smallest absolute Gasteiger partial charge is 0.0234 e. The van der Waals surface area contributed by atoms with Crippen LogP contribution in [0.4, 0.5) is 0 Å². The second kappa shape index (κ2) is 5.30. The highest BCUT2D eigenvalue weighted by Crippen LogP contribution is 2.20. The summed E-state index contributed by atoms with van der Waals surface area (Å²) in [6, 6.07) is 7.33. The van der Waals surface area contributed by atoms with Gasteiger partial charge in [0.05, 0.1) is 0 Å². The molecule has 1 aliphatic heterocycles. The monoisotopic (exact) mass is 282 g/mol. The van der Waals surface area contributed by atoms with Crippen LogP contribution in [0.5, 0.6) is 0 Å². The first-order valence-corrected chi connectivity index (χ1v) is 6.63. The number of benzene rings is 1. The highest BCUT2D eigenvalue weighted by Gasteiger charge is 2.20. The van der Waals surface area contributed by atoms with Gasteiger partial charge in [0.2, 0.25) is 0 Å². The standard InChI is InChI=1S/C13H19BrN2/c1-10-3-4-11(7-13(10)14)8-16-6-5-12(9-16)15-2/h3-4,7,12,15H,5-6,8-9H2,1-2H3. The molecular formula is C13H19BrN2. The molecule has 0 aliphatic carbocycles. The van der Waals surface area contributed by atoms with E-state index in [-0.39, 0.29) is 0 Å². The lowest BCUT2D eigenvalue weighted by Gasteiger charge is -2.16. The van der Waals surface area contributed by atoms with E-state index in [4.69, 9.17) is 0 Å². The molecule has 16 heavy (non-hydrogen) atoms. The zero-order chi connectivity index (χ0) is 11.5. The van der Waals surface area contributed by atoms with Crippen LogP contribution in [0.1, 0.15) is 17.5 Å². The molecule has 0 bridgehead atoms. The van der Waals surface area contributed by atoms with Crippen molar-refractivity contribution in [2.75, 3.05) is 20.1 Å². The minimum atomic E-state index is 0.675. The Hall–Kier alpha value is -0.380. The summed E-state index contributed by atoms with van der Waals surface area (Å²) in [5.74, 6) is 0. The van der Waals surface area contributed by atoms with E-state index >= 15 is 0 Å². The molecule has 2 nitrogen and oxygen atoms in total. The number of likely N-dealkylation sites (N-methyl/N-ethyl adjacent to an activating group) is 1. The first-order valence-electron chi connectivity index (χ1n) is 5.83. The second-order valence-corrected chi connectivity index (χ2v) is 5.45. The van der Waals surface area contributed by atoms with E-state index < -0.39 is 0 Å². The van der Waals surface area contributed by atoms with Crippen molar-refractivity contribution >= 4 is 15.9 Å². The molecule has 1 aromatic rings. The minimum absolute atomic E-state index is 0.675. The summed E-state index contributed by atoms with van der Waals surface area (Å²) < 4.78 is 1.22. The van der Waals surface area contributed by atoms with E-state index in [2.05, 4.69) is 58.3 Å². The predicted octanol–water partition coefficient (Wildman–Crippen LogP) is 2.55. The molecule has 0 saturated carbocycles. The summed E-state index contributed by atoms with van der Waals surface area (Å²) in [4.78, 5) is 2.51. The fourth-order valence-electron chi connectivity index (χ4n) is 2.20. The van der Waals surface area contributed by atoms with Crippen LogP contribution in [0.25, 0.3) is 0 Å². The summed E-state index contributed by atoms with van der Waals surface area (Å²) >= 11 is 3.59. The Kier molecular flexibility index (Phi) is 4.00. The lowest BCUT2D eigenvalue weighted by molar-refractivity contribution is 0.322. The van der Waals surface area contributed by atoms with E-state index in [1.165, 1.54) is 35.1 Å². The van der Waals surface area contributed by atoms with Crippen LogP contribution in [-0.4, -0.2) is 31.1 Å². The van der Waals surface area contributed by atoms with Gasteiger partial charge in [-0.1, -0.05) is 28.1 Å². The lowest BCUT2D eigenvalue weighted by Crippen LogP contribution is -2.29. The van der Waals surface area contributed by atoms with Crippen molar-refractivity contribution in [2.24, 2.45) is 0 Å². The van der Waals surface area contributed by atoms with Gasteiger partial charge in [-0.3, -0.25) is 4.90 Å². The Morgan fingerprint density at radius 3 is 2.94 bits per heavy atom. The van der Waals surface area contributed by atoms with Crippen molar-refractivity contribution in [3.8, 4) is 0 Å². The average Bonchev–Trinajstić information content (AvgIpc) is 2.71. The first kappa shape index (κ1) is 12.1. The van der Waals surface area contributed by atoms with E-state index in [1.807, 2.05) is 0 Å². The van der Waals surface area contributed by atoms with Gasteiger partial charge < -0.3 is 5.32 Å². The van der Waals surface area contributed by atoms with Crippen LogP contribution in [0.2, 0.25) is 0 Å². The molecule has 0 aromatic heterocycles. The summed E-state index contributed by atoms with van der Waals surface area (Å²) in [6.07, 6.45) is 1.27. The highest BCUT2D eigenvalue weighted by molar-refractivity contribution is 9.10. The Bertz CT molecular complexity index is 365. The fraction of sp³-hybridized carbons (Fsp3) is 0.538. The zero-order valence-corrected chi connectivity index (χ0v) is 11.5. The maximum Gasteiger partial charge on any atom is 0.0234 e. The van der Waals surface area contributed by atoms with Crippen LogP contribution < -0.4 is 5.32 Å². The second-order valence-electron chi connectivity index (χ2n) is 4.59. The van der Waals surface area contributed by atoms with E-state index in [0.29, 0.717) is 6.04 Å². The van der Waals surface area contributed by atoms with Gasteiger partial charge in [-0.2, -0.15) is 0 Å². The van der Waals surface area contributed by atoms with E-state index in [0.717, 1.165) is 6.54 Å². The molecule has 1 aliphatic rings. The molecule has 88 valence electrons. The molecule has 1 unspecified atom stereocenters. The van der Waals surface area contributed by atoms with Gasteiger partial charge in [0.25, 0.3) is 0 Å². The molecule has 3 heteroatoms. The van der Waals surface area contributed by atoms with Gasteiger partial charge >= 0.3 is 0 Å².